The van der Waals surface area contributed by atoms with Gasteiger partial charge in [0, 0.05) is 34.6 Å². The van der Waals surface area contributed by atoms with Crippen LogP contribution in [0, 0.1) is 0 Å². The molecule has 0 N–H and O–H groups in total. The zero-order valence-corrected chi connectivity index (χ0v) is 13.5. The Morgan fingerprint density at radius 1 is 1.00 bits per heavy atom. The third-order valence-corrected chi connectivity index (χ3v) is 3.67. The minimum Gasteiger partial charge on any atom is -0.314 e. The molecule has 0 unspecified atom stereocenters. The fourth-order valence-corrected chi connectivity index (χ4v) is 2.51. The topological polar surface area (TPSA) is 23.6 Å². The number of amides is 1. The summed E-state index contributed by atoms with van der Waals surface area (Å²) >= 11 is 18.0. The molecular formula is C15H13Cl3N2O. The molecule has 0 saturated heterocycles. The Morgan fingerprint density at radius 2 is 1.57 bits per heavy atom. The molecule has 0 radical (unpaired) electrons. The standard InChI is InChI=1S/C15H13Cl3N2O/c1-19(13-5-3-2-4-6-13)15(21)10-20(18)14-8-11(16)7-12(17)9-14/h2-9H,10H2,1H3. The first kappa shape index (κ1) is 16.0. The first-order chi connectivity index (χ1) is 9.97. The van der Waals surface area contributed by atoms with Gasteiger partial charge in [0.25, 0.3) is 0 Å². The van der Waals surface area contributed by atoms with Gasteiger partial charge in [-0.2, -0.15) is 0 Å². The van der Waals surface area contributed by atoms with Gasteiger partial charge in [-0.05, 0) is 30.3 Å². The van der Waals surface area contributed by atoms with Crippen LogP contribution in [0.25, 0.3) is 0 Å². The number of anilines is 2. The van der Waals surface area contributed by atoms with Crippen LogP contribution in [0.5, 0.6) is 0 Å². The summed E-state index contributed by atoms with van der Waals surface area (Å²) in [6, 6.07) is 14.2. The summed E-state index contributed by atoms with van der Waals surface area (Å²) in [5, 5.41) is 0.930. The van der Waals surface area contributed by atoms with Crippen molar-refractivity contribution in [3.8, 4) is 0 Å². The lowest BCUT2D eigenvalue weighted by Crippen LogP contribution is -2.34. The highest BCUT2D eigenvalue weighted by molar-refractivity contribution is 6.36. The molecule has 0 fully saturated rings. The van der Waals surface area contributed by atoms with Crippen LogP contribution in [0.3, 0.4) is 0 Å². The van der Waals surface area contributed by atoms with E-state index in [4.69, 9.17) is 35.0 Å². The van der Waals surface area contributed by atoms with E-state index < -0.39 is 0 Å². The van der Waals surface area contributed by atoms with Gasteiger partial charge in [0.1, 0.15) is 6.54 Å². The number of likely N-dealkylation sites (N-methyl/N-ethyl adjacent to an activating group) is 1. The zero-order chi connectivity index (χ0) is 15.4. The summed E-state index contributed by atoms with van der Waals surface area (Å²) < 4.78 is 1.29. The van der Waals surface area contributed by atoms with Gasteiger partial charge < -0.3 is 4.90 Å². The van der Waals surface area contributed by atoms with E-state index in [2.05, 4.69) is 0 Å². The highest BCUT2D eigenvalue weighted by Gasteiger charge is 2.15. The first-order valence-corrected chi connectivity index (χ1v) is 7.28. The molecule has 1 amide bonds. The monoisotopic (exact) mass is 342 g/mol. The van der Waals surface area contributed by atoms with Gasteiger partial charge in [0.05, 0.1) is 5.69 Å². The maximum Gasteiger partial charge on any atom is 0.247 e. The normalized spacial score (nSPS) is 10.3. The number of benzene rings is 2. The van der Waals surface area contributed by atoms with E-state index in [9.17, 15) is 4.79 Å². The second-order valence-corrected chi connectivity index (χ2v) is 5.72. The smallest absolute Gasteiger partial charge is 0.247 e. The molecule has 2 rings (SSSR count). The third-order valence-electron chi connectivity index (χ3n) is 2.92. The Labute approximate surface area is 138 Å². The van der Waals surface area contributed by atoms with Gasteiger partial charge in [0.2, 0.25) is 5.91 Å². The van der Waals surface area contributed by atoms with E-state index in [0.717, 1.165) is 5.69 Å². The Morgan fingerprint density at radius 3 is 2.14 bits per heavy atom. The van der Waals surface area contributed by atoms with Crippen molar-refractivity contribution in [1.82, 2.24) is 0 Å². The Kier molecular flexibility index (Phi) is 5.34. The first-order valence-electron chi connectivity index (χ1n) is 6.18. The molecule has 0 bridgehead atoms. The lowest BCUT2D eigenvalue weighted by molar-refractivity contribution is -0.116. The Hall–Kier alpha value is -1.42. The van der Waals surface area contributed by atoms with Crippen LogP contribution in [-0.2, 0) is 4.79 Å². The van der Waals surface area contributed by atoms with Crippen molar-refractivity contribution in [1.29, 1.82) is 0 Å². The number of hydrogen-bond acceptors (Lipinski definition) is 2. The van der Waals surface area contributed by atoms with Crippen molar-refractivity contribution in [2.45, 2.75) is 0 Å². The molecule has 110 valence electrons. The SMILES string of the molecule is CN(C(=O)CN(Cl)c1cc(Cl)cc(Cl)c1)c1ccccc1. The summed E-state index contributed by atoms with van der Waals surface area (Å²) in [7, 11) is 1.70. The minimum absolute atomic E-state index is 0.00359. The molecule has 6 heteroatoms. The number of carbonyl (C=O) groups excluding carboxylic acids is 1. The number of halogens is 3. The molecule has 3 nitrogen and oxygen atoms in total. The lowest BCUT2D eigenvalue weighted by atomic mass is 10.3. The van der Waals surface area contributed by atoms with Crippen LogP contribution < -0.4 is 9.32 Å². The van der Waals surface area contributed by atoms with E-state index >= 15 is 0 Å². The van der Waals surface area contributed by atoms with E-state index in [0.29, 0.717) is 15.7 Å². The molecular weight excluding hydrogens is 331 g/mol. The molecule has 0 aliphatic carbocycles. The predicted molar refractivity (Wildman–Crippen MR) is 89.5 cm³/mol. The van der Waals surface area contributed by atoms with Crippen molar-refractivity contribution >= 4 is 52.3 Å². The largest absolute Gasteiger partial charge is 0.314 e. The summed E-state index contributed by atoms with van der Waals surface area (Å²) in [5.41, 5.74) is 1.38. The summed E-state index contributed by atoms with van der Waals surface area (Å²) in [5.74, 6) is -0.146. The van der Waals surface area contributed by atoms with Gasteiger partial charge in [-0.1, -0.05) is 41.4 Å². The van der Waals surface area contributed by atoms with E-state index in [1.165, 1.54) is 4.42 Å². The molecule has 0 heterocycles. The summed E-state index contributed by atoms with van der Waals surface area (Å²) in [4.78, 5) is 13.8. The molecule has 0 aliphatic heterocycles. The molecule has 0 saturated carbocycles. The molecule has 0 aromatic heterocycles. The third kappa shape index (κ3) is 4.27. The second kappa shape index (κ2) is 7.03. The maximum absolute atomic E-state index is 12.2. The predicted octanol–water partition coefficient (Wildman–Crippen LogP) is 4.62. The van der Waals surface area contributed by atoms with Gasteiger partial charge in [-0.3, -0.25) is 9.21 Å². The number of carbonyl (C=O) groups is 1. The summed E-state index contributed by atoms with van der Waals surface area (Å²) in [6.45, 7) is 0.00359. The van der Waals surface area contributed by atoms with Crippen LogP contribution in [0.2, 0.25) is 10.0 Å². The number of para-hydroxylation sites is 1. The van der Waals surface area contributed by atoms with Crippen molar-refractivity contribution in [3.63, 3.8) is 0 Å². The second-order valence-electron chi connectivity index (χ2n) is 4.44. The molecule has 2 aromatic carbocycles. The van der Waals surface area contributed by atoms with Gasteiger partial charge >= 0.3 is 0 Å². The zero-order valence-electron chi connectivity index (χ0n) is 11.3. The average molecular weight is 344 g/mol. The maximum atomic E-state index is 12.2. The van der Waals surface area contributed by atoms with Crippen LogP contribution in [0.15, 0.2) is 48.5 Å². The van der Waals surface area contributed by atoms with Crippen molar-refractivity contribution < 1.29 is 4.79 Å². The van der Waals surface area contributed by atoms with Crippen molar-refractivity contribution in [2.75, 3.05) is 22.9 Å². The van der Waals surface area contributed by atoms with Crippen LogP contribution in [0.1, 0.15) is 0 Å². The van der Waals surface area contributed by atoms with E-state index in [1.807, 2.05) is 30.3 Å². The highest BCUT2D eigenvalue weighted by atomic mass is 35.5. The van der Waals surface area contributed by atoms with E-state index in [-0.39, 0.29) is 12.5 Å². The Balaban J connectivity index is 2.08. The molecule has 0 aliphatic rings. The van der Waals surface area contributed by atoms with E-state index in [1.54, 1.807) is 30.1 Å². The van der Waals surface area contributed by atoms with Crippen LogP contribution in [-0.4, -0.2) is 19.5 Å². The number of hydrogen-bond donors (Lipinski definition) is 0. The number of nitrogens with zero attached hydrogens (tertiary/aromatic N) is 2. The molecule has 0 spiro atoms. The van der Waals surface area contributed by atoms with Crippen molar-refractivity contribution in [2.24, 2.45) is 0 Å². The quantitative estimate of drug-likeness (QED) is 0.756. The van der Waals surface area contributed by atoms with Crippen LogP contribution >= 0.6 is 35.0 Å². The Bertz CT molecular complexity index is 614. The van der Waals surface area contributed by atoms with Gasteiger partial charge in [-0.15, -0.1) is 0 Å². The fraction of sp³-hybridized carbons (Fsp3) is 0.133. The van der Waals surface area contributed by atoms with Crippen LogP contribution in [0.4, 0.5) is 11.4 Å². The molecule has 2 aromatic rings. The van der Waals surface area contributed by atoms with Crippen molar-refractivity contribution in [3.05, 3.63) is 58.6 Å². The molecule has 21 heavy (non-hydrogen) atoms. The summed E-state index contributed by atoms with van der Waals surface area (Å²) in [6.07, 6.45) is 0. The fourth-order valence-electron chi connectivity index (χ4n) is 1.79. The average Bonchev–Trinajstić information content (AvgIpc) is 2.46. The highest BCUT2D eigenvalue weighted by Crippen LogP contribution is 2.26. The minimum atomic E-state index is -0.146. The lowest BCUT2D eigenvalue weighted by Gasteiger charge is -2.21. The van der Waals surface area contributed by atoms with Gasteiger partial charge in [-0.25, -0.2) is 0 Å². The van der Waals surface area contributed by atoms with Gasteiger partial charge in [0.15, 0.2) is 0 Å². The molecule has 0 atom stereocenters. The number of rotatable bonds is 4.